The lowest BCUT2D eigenvalue weighted by molar-refractivity contribution is 0.0975. The van der Waals surface area contributed by atoms with E-state index in [0.717, 1.165) is 5.69 Å². The van der Waals surface area contributed by atoms with Crippen molar-refractivity contribution in [3.8, 4) is 0 Å². The zero-order chi connectivity index (χ0) is 13.0. The Balaban J connectivity index is 1.90. The van der Waals surface area contributed by atoms with Crippen LogP contribution in [-0.2, 0) is 6.42 Å². The number of aliphatic hydroxyl groups excluding tert-OH is 1. The number of aromatic nitrogens is 2. The summed E-state index contributed by atoms with van der Waals surface area (Å²) >= 11 is 0. The van der Waals surface area contributed by atoms with Crippen molar-refractivity contribution in [3.63, 3.8) is 0 Å². The zero-order valence-corrected chi connectivity index (χ0v) is 11.7. The van der Waals surface area contributed by atoms with Gasteiger partial charge in [-0.2, -0.15) is 5.10 Å². The van der Waals surface area contributed by atoms with Gasteiger partial charge in [-0.05, 0) is 38.7 Å². The van der Waals surface area contributed by atoms with Gasteiger partial charge in [0, 0.05) is 18.7 Å². The maximum absolute atomic E-state index is 10.4. The van der Waals surface area contributed by atoms with Gasteiger partial charge in [0.25, 0.3) is 0 Å². The van der Waals surface area contributed by atoms with Crippen LogP contribution in [-0.4, -0.2) is 21.0 Å². The highest BCUT2D eigenvalue weighted by atomic mass is 16.3. The Kier molecular flexibility index (Phi) is 4.81. The Morgan fingerprint density at radius 3 is 2.50 bits per heavy atom. The van der Waals surface area contributed by atoms with Crippen LogP contribution >= 0.6 is 0 Å². The first kappa shape index (κ1) is 13.6. The molecule has 1 aromatic rings. The van der Waals surface area contributed by atoms with Crippen LogP contribution < -0.4 is 0 Å². The molecule has 0 bridgehead atoms. The lowest BCUT2D eigenvalue weighted by Crippen LogP contribution is -2.22. The van der Waals surface area contributed by atoms with Crippen molar-refractivity contribution < 1.29 is 5.11 Å². The Morgan fingerprint density at radius 1 is 1.28 bits per heavy atom. The minimum Gasteiger partial charge on any atom is -0.392 e. The van der Waals surface area contributed by atoms with Crippen molar-refractivity contribution in [1.82, 2.24) is 9.78 Å². The van der Waals surface area contributed by atoms with Crippen molar-refractivity contribution in [3.05, 3.63) is 18.0 Å². The molecule has 102 valence electrons. The van der Waals surface area contributed by atoms with E-state index in [4.69, 9.17) is 0 Å². The quantitative estimate of drug-likeness (QED) is 0.832. The van der Waals surface area contributed by atoms with Crippen LogP contribution in [0.3, 0.4) is 0 Å². The van der Waals surface area contributed by atoms with Crippen LogP contribution in [0.1, 0.15) is 64.1 Å². The number of hydrogen-bond acceptors (Lipinski definition) is 2. The summed E-state index contributed by atoms with van der Waals surface area (Å²) in [7, 11) is 0. The highest BCUT2D eigenvalue weighted by molar-refractivity contribution is 5.01. The number of rotatable bonds is 4. The maximum Gasteiger partial charge on any atom is 0.0650 e. The summed E-state index contributed by atoms with van der Waals surface area (Å²) in [6, 6.07) is 2.44. The Morgan fingerprint density at radius 2 is 1.94 bits per heavy atom. The Labute approximate surface area is 110 Å². The molecule has 0 aliphatic heterocycles. The first-order valence-corrected chi connectivity index (χ1v) is 7.39. The third-order valence-electron chi connectivity index (χ3n) is 4.05. The second-order valence-corrected chi connectivity index (χ2v) is 5.90. The van der Waals surface area contributed by atoms with E-state index in [-0.39, 0.29) is 6.10 Å². The molecule has 1 heterocycles. The molecule has 0 amide bonds. The molecule has 0 saturated heterocycles. The summed E-state index contributed by atoms with van der Waals surface area (Å²) in [5.74, 6) is 0.483. The predicted molar refractivity (Wildman–Crippen MR) is 73.5 cm³/mol. The highest BCUT2D eigenvalue weighted by Crippen LogP contribution is 2.26. The second-order valence-electron chi connectivity index (χ2n) is 5.90. The predicted octanol–water partition coefficient (Wildman–Crippen LogP) is 3.34. The minimum absolute atomic E-state index is 0.210. The Hall–Kier alpha value is -0.830. The van der Waals surface area contributed by atoms with E-state index in [1.54, 1.807) is 0 Å². The van der Waals surface area contributed by atoms with Gasteiger partial charge in [-0.25, -0.2) is 0 Å². The monoisotopic (exact) mass is 250 g/mol. The lowest BCUT2D eigenvalue weighted by atomic mass is 9.91. The number of aliphatic hydroxyl groups is 1. The van der Waals surface area contributed by atoms with Gasteiger partial charge in [-0.1, -0.05) is 25.7 Å². The van der Waals surface area contributed by atoms with Gasteiger partial charge < -0.3 is 5.11 Å². The zero-order valence-electron chi connectivity index (χ0n) is 11.7. The van der Waals surface area contributed by atoms with Gasteiger partial charge >= 0.3 is 0 Å². The summed E-state index contributed by atoms with van der Waals surface area (Å²) in [5, 5.41) is 14.9. The van der Waals surface area contributed by atoms with Gasteiger partial charge in [-0.3, -0.25) is 4.68 Å². The molecule has 1 aromatic heterocycles. The van der Waals surface area contributed by atoms with Crippen LogP contribution in [0.2, 0.25) is 0 Å². The molecule has 0 aromatic carbocycles. The fraction of sp³-hybridized carbons (Fsp3) is 0.800. The van der Waals surface area contributed by atoms with Crippen LogP contribution in [0.5, 0.6) is 0 Å². The summed E-state index contributed by atoms with van der Waals surface area (Å²) in [6.45, 7) is 4.25. The molecule has 1 aliphatic carbocycles. The SMILES string of the molecule is CC(C)n1ccc(CC(O)C2CCCCCC2)n1. The summed E-state index contributed by atoms with van der Waals surface area (Å²) in [5.41, 5.74) is 1.03. The van der Waals surface area contributed by atoms with Gasteiger partial charge in [0.15, 0.2) is 0 Å². The molecule has 1 aliphatic rings. The molecule has 18 heavy (non-hydrogen) atoms. The van der Waals surface area contributed by atoms with Gasteiger partial charge in [0.1, 0.15) is 0 Å². The number of hydrogen-bond donors (Lipinski definition) is 1. The van der Waals surface area contributed by atoms with E-state index < -0.39 is 0 Å². The molecule has 1 fully saturated rings. The Bertz CT molecular complexity index is 351. The molecule has 3 heteroatoms. The molecule has 0 radical (unpaired) electrons. The van der Waals surface area contributed by atoms with Crippen molar-refractivity contribution in [2.45, 2.75) is 70.9 Å². The van der Waals surface area contributed by atoms with Crippen molar-refractivity contribution >= 4 is 0 Å². The molecule has 1 atom stereocenters. The van der Waals surface area contributed by atoms with Crippen molar-refractivity contribution in [2.75, 3.05) is 0 Å². The van der Waals surface area contributed by atoms with Crippen LogP contribution in [0.15, 0.2) is 12.3 Å². The first-order valence-electron chi connectivity index (χ1n) is 7.39. The summed E-state index contributed by atoms with van der Waals surface area (Å²) in [6.07, 6.45) is 10.1. The average Bonchev–Trinajstić information content (AvgIpc) is 2.64. The highest BCUT2D eigenvalue weighted by Gasteiger charge is 2.21. The molecule has 2 rings (SSSR count). The van der Waals surface area contributed by atoms with Crippen LogP contribution in [0.25, 0.3) is 0 Å². The fourth-order valence-corrected chi connectivity index (χ4v) is 2.85. The third kappa shape index (κ3) is 3.58. The molecule has 1 saturated carbocycles. The minimum atomic E-state index is -0.210. The van der Waals surface area contributed by atoms with Crippen molar-refractivity contribution in [2.24, 2.45) is 5.92 Å². The molecule has 3 nitrogen and oxygen atoms in total. The van der Waals surface area contributed by atoms with Gasteiger partial charge in [0.2, 0.25) is 0 Å². The van der Waals surface area contributed by atoms with E-state index in [9.17, 15) is 5.11 Å². The third-order valence-corrected chi connectivity index (χ3v) is 4.05. The van der Waals surface area contributed by atoms with E-state index in [1.165, 1.54) is 38.5 Å². The standard InChI is InChI=1S/C15H26N2O/c1-12(2)17-10-9-14(16-17)11-15(18)13-7-5-3-4-6-8-13/h9-10,12-13,15,18H,3-8,11H2,1-2H3. The van der Waals surface area contributed by atoms with Gasteiger partial charge in [0.05, 0.1) is 11.8 Å². The molecule has 1 N–H and O–H groups in total. The summed E-state index contributed by atoms with van der Waals surface area (Å²) < 4.78 is 1.97. The maximum atomic E-state index is 10.4. The lowest BCUT2D eigenvalue weighted by Gasteiger charge is -2.20. The van der Waals surface area contributed by atoms with Crippen molar-refractivity contribution in [1.29, 1.82) is 0 Å². The summed E-state index contributed by atoms with van der Waals surface area (Å²) in [4.78, 5) is 0. The van der Waals surface area contributed by atoms with Crippen LogP contribution in [0.4, 0.5) is 0 Å². The largest absolute Gasteiger partial charge is 0.392 e. The smallest absolute Gasteiger partial charge is 0.0650 e. The van der Waals surface area contributed by atoms with Gasteiger partial charge in [-0.15, -0.1) is 0 Å². The molecule has 1 unspecified atom stereocenters. The molecule has 0 spiro atoms. The normalized spacial score (nSPS) is 20.0. The van der Waals surface area contributed by atoms with E-state index in [0.29, 0.717) is 18.4 Å². The second kappa shape index (κ2) is 6.37. The van der Waals surface area contributed by atoms with Crippen LogP contribution in [0, 0.1) is 5.92 Å². The first-order chi connectivity index (χ1) is 8.66. The molecular formula is C15H26N2O. The topological polar surface area (TPSA) is 38.0 Å². The number of nitrogens with zero attached hydrogens (tertiary/aromatic N) is 2. The van der Waals surface area contributed by atoms with E-state index >= 15 is 0 Å². The molecular weight excluding hydrogens is 224 g/mol. The average molecular weight is 250 g/mol. The van der Waals surface area contributed by atoms with E-state index in [1.807, 2.05) is 16.9 Å². The van der Waals surface area contributed by atoms with E-state index in [2.05, 4.69) is 18.9 Å². The fourth-order valence-electron chi connectivity index (χ4n) is 2.85.